The van der Waals surface area contributed by atoms with E-state index >= 15 is 4.39 Å². The van der Waals surface area contributed by atoms with Gasteiger partial charge in [0, 0.05) is 36.3 Å². The highest BCUT2D eigenvalue weighted by Crippen LogP contribution is 2.36. The van der Waals surface area contributed by atoms with E-state index < -0.39 is 11.9 Å². The van der Waals surface area contributed by atoms with Gasteiger partial charge in [-0.15, -0.1) is 0 Å². The molecule has 1 atom stereocenters. The first-order valence-electron chi connectivity index (χ1n) is 12.6. The Morgan fingerprint density at radius 1 is 1.05 bits per heavy atom. The molecule has 9 heteroatoms. The summed E-state index contributed by atoms with van der Waals surface area (Å²) in [6, 6.07) is 10.2. The van der Waals surface area contributed by atoms with Gasteiger partial charge in [-0.05, 0) is 73.0 Å². The molecule has 188 valence electrons. The third-order valence-corrected chi connectivity index (χ3v) is 7.85. The summed E-state index contributed by atoms with van der Waals surface area (Å²) in [6.07, 6.45) is 2.09. The van der Waals surface area contributed by atoms with Crippen molar-refractivity contribution in [3.63, 3.8) is 0 Å². The highest BCUT2D eigenvalue weighted by Gasteiger charge is 2.40. The summed E-state index contributed by atoms with van der Waals surface area (Å²) in [5.74, 6) is -1.46. The predicted molar refractivity (Wildman–Crippen MR) is 134 cm³/mol. The number of amides is 3. The van der Waals surface area contributed by atoms with E-state index in [-0.39, 0.29) is 42.9 Å². The number of carbonyl (C=O) groups is 3. The highest BCUT2D eigenvalue weighted by atomic mass is 19.1. The molecule has 3 aliphatic heterocycles. The summed E-state index contributed by atoms with van der Waals surface area (Å²) in [5, 5.41) is 3.38. The Labute approximate surface area is 213 Å². The molecule has 2 fully saturated rings. The molecular weight excluding hydrogens is 473 g/mol. The molecule has 0 saturated carbocycles. The SMILES string of the molecule is [C-]#[N+]c1ccc2cc(CN3CCC(c4cc5c(cc4F)C(=O)N(C4CCC(=O)NC4=O)C5)CC3)[nH]c2c1. The van der Waals surface area contributed by atoms with E-state index in [0.29, 0.717) is 16.8 Å². The van der Waals surface area contributed by atoms with Gasteiger partial charge in [0.2, 0.25) is 11.8 Å². The molecule has 6 rings (SSSR count). The maximum atomic E-state index is 15.2. The van der Waals surface area contributed by atoms with Gasteiger partial charge in [0.15, 0.2) is 5.69 Å². The van der Waals surface area contributed by atoms with Crippen molar-refractivity contribution in [3.8, 4) is 0 Å². The zero-order chi connectivity index (χ0) is 25.7. The number of H-pyrrole nitrogens is 1. The van der Waals surface area contributed by atoms with E-state index in [4.69, 9.17) is 6.57 Å². The maximum Gasteiger partial charge on any atom is 0.255 e. The average molecular weight is 500 g/mol. The molecule has 8 nitrogen and oxygen atoms in total. The van der Waals surface area contributed by atoms with Crippen molar-refractivity contribution in [2.45, 2.75) is 50.7 Å². The Morgan fingerprint density at radius 3 is 2.62 bits per heavy atom. The largest absolute Gasteiger partial charge is 0.358 e. The van der Waals surface area contributed by atoms with Crippen LogP contribution in [0.15, 0.2) is 36.4 Å². The number of rotatable bonds is 4. The van der Waals surface area contributed by atoms with Crippen molar-refractivity contribution < 1.29 is 18.8 Å². The number of halogens is 1. The highest BCUT2D eigenvalue weighted by molar-refractivity contribution is 6.05. The van der Waals surface area contributed by atoms with Crippen molar-refractivity contribution in [2.75, 3.05) is 13.1 Å². The van der Waals surface area contributed by atoms with Gasteiger partial charge >= 0.3 is 0 Å². The number of likely N-dealkylation sites (tertiary alicyclic amines) is 1. The molecule has 37 heavy (non-hydrogen) atoms. The molecule has 1 unspecified atom stereocenters. The first kappa shape index (κ1) is 23.4. The standard InChI is InChI=1S/C28H26FN5O3/c1-30-19-3-2-17-10-20(31-24(17)12-19)15-33-8-6-16(7-9-33)21-11-18-14-34(28(37)22(18)13-23(21)29)25-4-5-26(35)32-27(25)36/h2-3,10-13,16,25,31H,4-9,14-15H2,(H,32,35,36). The second kappa shape index (κ2) is 9.12. The third kappa shape index (κ3) is 4.27. The van der Waals surface area contributed by atoms with Crippen LogP contribution >= 0.6 is 0 Å². The summed E-state index contributed by atoms with van der Waals surface area (Å²) < 4.78 is 15.2. The molecule has 4 heterocycles. The lowest BCUT2D eigenvalue weighted by atomic mass is 9.87. The number of aromatic amines is 1. The fourth-order valence-corrected chi connectivity index (χ4v) is 5.89. The number of piperidine rings is 2. The number of aromatic nitrogens is 1. The Balaban J connectivity index is 1.12. The number of benzene rings is 2. The van der Waals surface area contributed by atoms with Crippen molar-refractivity contribution in [1.29, 1.82) is 0 Å². The second-order valence-electron chi connectivity index (χ2n) is 10.2. The molecule has 2 saturated heterocycles. The van der Waals surface area contributed by atoms with Crippen molar-refractivity contribution in [1.82, 2.24) is 20.1 Å². The smallest absolute Gasteiger partial charge is 0.255 e. The zero-order valence-corrected chi connectivity index (χ0v) is 20.2. The molecule has 0 spiro atoms. The van der Waals surface area contributed by atoms with Crippen LogP contribution in [0.1, 0.15) is 58.8 Å². The quantitative estimate of drug-likeness (QED) is 0.420. The predicted octanol–water partition coefficient (Wildman–Crippen LogP) is 4.00. The topological polar surface area (TPSA) is 89.9 Å². The second-order valence-corrected chi connectivity index (χ2v) is 10.2. The molecular formula is C28H26FN5O3. The van der Waals surface area contributed by atoms with Gasteiger partial charge in [0.05, 0.1) is 6.57 Å². The minimum absolute atomic E-state index is 0.0604. The van der Waals surface area contributed by atoms with Crippen LogP contribution in [-0.2, 0) is 22.7 Å². The van der Waals surface area contributed by atoms with Crippen LogP contribution in [0, 0.1) is 12.4 Å². The molecule has 0 bridgehead atoms. The first-order valence-corrected chi connectivity index (χ1v) is 12.6. The lowest BCUT2D eigenvalue weighted by Crippen LogP contribution is -2.52. The van der Waals surface area contributed by atoms with E-state index in [1.54, 1.807) is 6.07 Å². The van der Waals surface area contributed by atoms with Crippen molar-refractivity contribution in [2.24, 2.45) is 0 Å². The van der Waals surface area contributed by atoms with Crippen LogP contribution in [0.5, 0.6) is 0 Å². The van der Waals surface area contributed by atoms with E-state index in [1.807, 2.05) is 18.2 Å². The van der Waals surface area contributed by atoms with E-state index in [9.17, 15) is 14.4 Å². The van der Waals surface area contributed by atoms with Gasteiger partial charge in [-0.1, -0.05) is 18.2 Å². The maximum absolute atomic E-state index is 15.2. The molecule has 0 radical (unpaired) electrons. The molecule has 3 aromatic rings. The van der Waals surface area contributed by atoms with Crippen LogP contribution in [0.25, 0.3) is 15.7 Å². The van der Waals surface area contributed by atoms with Crippen LogP contribution < -0.4 is 5.32 Å². The fourth-order valence-electron chi connectivity index (χ4n) is 5.89. The molecule has 2 aromatic carbocycles. The van der Waals surface area contributed by atoms with E-state index in [0.717, 1.165) is 54.6 Å². The summed E-state index contributed by atoms with van der Waals surface area (Å²) in [4.78, 5) is 47.4. The number of imide groups is 1. The fraction of sp³-hybridized carbons (Fsp3) is 0.357. The monoisotopic (exact) mass is 499 g/mol. The van der Waals surface area contributed by atoms with Gasteiger partial charge in [-0.2, -0.15) is 0 Å². The summed E-state index contributed by atoms with van der Waals surface area (Å²) >= 11 is 0. The van der Waals surface area contributed by atoms with Gasteiger partial charge in [-0.3, -0.25) is 24.6 Å². The number of fused-ring (bicyclic) bond motifs is 2. The Morgan fingerprint density at radius 2 is 1.86 bits per heavy atom. The van der Waals surface area contributed by atoms with Crippen molar-refractivity contribution in [3.05, 3.63) is 76.0 Å². The molecule has 2 N–H and O–H groups in total. The molecule has 0 aliphatic carbocycles. The van der Waals surface area contributed by atoms with Gasteiger partial charge < -0.3 is 9.88 Å². The minimum Gasteiger partial charge on any atom is -0.358 e. The molecule has 3 aliphatic rings. The average Bonchev–Trinajstić information content (AvgIpc) is 3.43. The Hall–Kier alpha value is -4.03. The summed E-state index contributed by atoms with van der Waals surface area (Å²) in [5.41, 5.74) is 4.34. The van der Waals surface area contributed by atoms with Gasteiger partial charge in [0.1, 0.15) is 11.9 Å². The van der Waals surface area contributed by atoms with Crippen LogP contribution in [-0.4, -0.2) is 51.6 Å². The molecule has 1 aromatic heterocycles. The Bertz CT molecular complexity index is 1480. The van der Waals surface area contributed by atoms with Crippen LogP contribution in [0.2, 0.25) is 0 Å². The van der Waals surface area contributed by atoms with Crippen LogP contribution in [0.3, 0.4) is 0 Å². The van der Waals surface area contributed by atoms with Crippen molar-refractivity contribution >= 4 is 34.3 Å². The number of carbonyl (C=O) groups excluding carboxylic acids is 3. The minimum atomic E-state index is -0.704. The molecule has 3 amide bonds. The lowest BCUT2D eigenvalue weighted by Gasteiger charge is -2.32. The Kier molecular flexibility index (Phi) is 5.76. The van der Waals surface area contributed by atoms with Gasteiger partial charge in [0.25, 0.3) is 5.91 Å². The number of hydrogen-bond donors (Lipinski definition) is 2. The number of nitrogens with one attached hydrogen (secondary N) is 2. The lowest BCUT2D eigenvalue weighted by molar-refractivity contribution is -0.136. The van der Waals surface area contributed by atoms with Gasteiger partial charge in [-0.25, -0.2) is 9.24 Å². The first-order chi connectivity index (χ1) is 17.9. The normalized spacial score (nSPS) is 20.8. The number of nitrogens with zero attached hydrogens (tertiary/aromatic N) is 3. The van der Waals surface area contributed by atoms with E-state index in [1.165, 1.54) is 11.0 Å². The van der Waals surface area contributed by atoms with E-state index in [2.05, 4.69) is 26.1 Å². The summed E-state index contributed by atoms with van der Waals surface area (Å²) in [7, 11) is 0. The summed E-state index contributed by atoms with van der Waals surface area (Å²) in [6.45, 7) is 9.85. The third-order valence-electron chi connectivity index (χ3n) is 7.85. The zero-order valence-electron chi connectivity index (χ0n) is 20.2. The number of hydrogen-bond acceptors (Lipinski definition) is 4. The van der Waals surface area contributed by atoms with Crippen LogP contribution in [0.4, 0.5) is 10.1 Å².